The highest BCUT2D eigenvalue weighted by molar-refractivity contribution is 5.91. The van der Waals surface area contributed by atoms with E-state index in [1.807, 2.05) is 13.0 Å². The Bertz CT molecular complexity index is 423. The van der Waals surface area contributed by atoms with Crippen molar-refractivity contribution in [2.45, 2.75) is 41.0 Å². The van der Waals surface area contributed by atoms with Gasteiger partial charge >= 0.3 is 0 Å². The van der Waals surface area contributed by atoms with E-state index in [0.29, 0.717) is 12.3 Å². The molecule has 0 unspecified atom stereocenters. The summed E-state index contributed by atoms with van der Waals surface area (Å²) in [5.41, 5.74) is 3.24. The summed E-state index contributed by atoms with van der Waals surface area (Å²) in [6.45, 7) is 12.4. The maximum atomic E-state index is 11.8. The molecule has 0 aliphatic carbocycles. The highest BCUT2D eigenvalue weighted by Crippen LogP contribution is 2.23. The van der Waals surface area contributed by atoms with Crippen LogP contribution in [0, 0.1) is 12.8 Å². The van der Waals surface area contributed by atoms with Gasteiger partial charge in [0, 0.05) is 30.9 Å². The molecule has 0 fully saturated rings. The lowest BCUT2D eigenvalue weighted by atomic mass is 10.1. The van der Waals surface area contributed by atoms with Crippen molar-refractivity contribution >= 4 is 17.3 Å². The zero-order valence-corrected chi connectivity index (χ0v) is 12.8. The van der Waals surface area contributed by atoms with Crippen LogP contribution in [0.3, 0.4) is 0 Å². The van der Waals surface area contributed by atoms with Crippen LogP contribution in [0.1, 0.15) is 39.7 Å². The van der Waals surface area contributed by atoms with Gasteiger partial charge in [0.1, 0.15) is 0 Å². The standard InChI is InChI=1S/C16H26N2O/c1-6-18(7-2)14-8-9-15(13(5)11-14)17-16(19)10-12(3)4/h8-9,11-12H,6-7,10H2,1-5H3,(H,17,19). The van der Waals surface area contributed by atoms with Crippen molar-refractivity contribution in [1.29, 1.82) is 0 Å². The van der Waals surface area contributed by atoms with E-state index in [0.717, 1.165) is 24.3 Å². The van der Waals surface area contributed by atoms with Gasteiger partial charge in [0.05, 0.1) is 0 Å². The normalized spacial score (nSPS) is 10.6. The van der Waals surface area contributed by atoms with Crippen molar-refractivity contribution in [2.24, 2.45) is 5.92 Å². The van der Waals surface area contributed by atoms with Gasteiger partial charge in [0.2, 0.25) is 5.91 Å². The molecule has 3 nitrogen and oxygen atoms in total. The summed E-state index contributed by atoms with van der Waals surface area (Å²) in [6, 6.07) is 6.21. The van der Waals surface area contributed by atoms with E-state index in [2.05, 4.69) is 50.0 Å². The molecule has 106 valence electrons. The van der Waals surface area contributed by atoms with E-state index >= 15 is 0 Å². The third kappa shape index (κ3) is 4.58. The van der Waals surface area contributed by atoms with Crippen LogP contribution < -0.4 is 10.2 Å². The summed E-state index contributed by atoms with van der Waals surface area (Å²) in [5, 5.41) is 2.99. The van der Waals surface area contributed by atoms with Crippen LogP contribution in [-0.4, -0.2) is 19.0 Å². The quantitative estimate of drug-likeness (QED) is 0.845. The molecule has 0 spiro atoms. The predicted molar refractivity (Wildman–Crippen MR) is 82.8 cm³/mol. The molecule has 0 saturated heterocycles. The average Bonchev–Trinajstić information content (AvgIpc) is 2.33. The lowest BCUT2D eigenvalue weighted by molar-refractivity contribution is -0.116. The Morgan fingerprint density at radius 2 is 1.89 bits per heavy atom. The first-order valence-electron chi connectivity index (χ1n) is 7.13. The SMILES string of the molecule is CCN(CC)c1ccc(NC(=O)CC(C)C)c(C)c1. The molecular formula is C16H26N2O. The van der Waals surface area contributed by atoms with E-state index in [4.69, 9.17) is 0 Å². The van der Waals surface area contributed by atoms with Crippen molar-refractivity contribution in [1.82, 2.24) is 0 Å². The highest BCUT2D eigenvalue weighted by atomic mass is 16.1. The van der Waals surface area contributed by atoms with Gasteiger partial charge in [-0.1, -0.05) is 13.8 Å². The van der Waals surface area contributed by atoms with Gasteiger partial charge in [-0.15, -0.1) is 0 Å². The Balaban J connectivity index is 2.80. The molecule has 0 bridgehead atoms. The molecule has 0 saturated carbocycles. The van der Waals surface area contributed by atoms with Gasteiger partial charge < -0.3 is 10.2 Å². The fourth-order valence-corrected chi connectivity index (χ4v) is 2.15. The summed E-state index contributed by atoms with van der Waals surface area (Å²) >= 11 is 0. The smallest absolute Gasteiger partial charge is 0.224 e. The Hall–Kier alpha value is -1.51. The molecule has 19 heavy (non-hydrogen) atoms. The van der Waals surface area contributed by atoms with Gasteiger partial charge in [-0.25, -0.2) is 0 Å². The zero-order valence-electron chi connectivity index (χ0n) is 12.8. The summed E-state index contributed by atoms with van der Waals surface area (Å²) < 4.78 is 0. The molecule has 1 aromatic carbocycles. The molecule has 1 amide bonds. The first-order chi connectivity index (χ1) is 8.97. The summed E-state index contributed by atoms with van der Waals surface area (Å²) in [5.74, 6) is 0.476. The number of hydrogen-bond acceptors (Lipinski definition) is 2. The monoisotopic (exact) mass is 262 g/mol. The van der Waals surface area contributed by atoms with Crippen molar-refractivity contribution in [3.63, 3.8) is 0 Å². The zero-order chi connectivity index (χ0) is 14.4. The summed E-state index contributed by atoms with van der Waals surface area (Å²) in [7, 11) is 0. The minimum absolute atomic E-state index is 0.0914. The first kappa shape index (κ1) is 15.5. The number of amides is 1. The van der Waals surface area contributed by atoms with Crippen LogP contribution in [0.15, 0.2) is 18.2 Å². The molecular weight excluding hydrogens is 236 g/mol. The topological polar surface area (TPSA) is 32.3 Å². The third-order valence-electron chi connectivity index (χ3n) is 3.21. The number of anilines is 2. The Kier molecular flexibility index (Phi) is 5.87. The van der Waals surface area contributed by atoms with Crippen molar-refractivity contribution in [3.05, 3.63) is 23.8 Å². The van der Waals surface area contributed by atoms with Crippen molar-refractivity contribution in [2.75, 3.05) is 23.3 Å². The van der Waals surface area contributed by atoms with E-state index in [9.17, 15) is 4.79 Å². The fourth-order valence-electron chi connectivity index (χ4n) is 2.15. The van der Waals surface area contributed by atoms with Gasteiger partial charge in [0.15, 0.2) is 0 Å². The third-order valence-corrected chi connectivity index (χ3v) is 3.21. The molecule has 0 radical (unpaired) electrons. The number of benzene rings is 1. The van der Waals surface area contributed by atoms with Crippen LogP contribution in [0.4, 0.5) is 11.4 Å². The second kappa shape index (κ2) is 7.17. The van der Waals surface area contributed by atoms with E-state index < -0.39 is 0 Å². The minimum Gasteiger partial charge on any atom is -0.372 e. The number of carbonyl (C=O) groups is 1. The Morgan fingerprint density at radius 3 is 2.37 bits per heavy atom. The van der Waals surface area contributed by atoms with E-state index in [-0.39, 0.29) is 5.91 Å². The molecule has 0 heterocycles. The van der Waals surface area contributed by atoms with E-state index in [1.54, 1.807) is 0 Å². The van der Waals surface area contributed by atoms with Crippen molar-refractivity contribution in [3.8, 4) is 0 Å². The van der Waals surface area contributed by atoms with Gasteiger partial charge in [-0.3, -0.25) is 4.79 Å². The fraction of sp³-hybridized carbons (Fsp3) is 0.562. The van der Waals surface area contributed by atoms with Crippen LogP contribution >= 0.6 is 0 Å². The number of hydrogen-bond donors (Lipinski definition) is 1. The molecule has 0 aromatic heterocycles. The van der Waals surface area contributed by atoms with Gasteiger partial charge in [-0.05, 0) is 50.5 Å². The number of carbonyl (C=O) groups excluding carboxylic acids is 1. The number of nitrogens with zero attached hydrogens (tertiary/aromatic N) is 1. The van der Waals surface area contributed by atoms with Crippen LogP contribution in [0.5, 0.6) is 0 Å². The Morgan fingerprint density at radius 1 is 1.26 bits per heavy atom. The maximum Gasteiger partial charge on any atom is 0.224 e. The lowest BCUT2D eigenvalue weighted by Crippen LogP contribution is -2.22. The first-order valence-corrected chi connectivity index (χ1v) is 7.13. The maximum absolute atomic E-state index is 11.8. The van der Waals surface area contributed by atoms with Crippen LogP contribution in [0.25, 0.3) is 0 Å². The molecule has 0 aliphatic heterocycles. The lowest BCUT2D eigenvalue weighted by Gasteiger charge is -2.22. The second-order valence-corrected chi connectivity index (χ2v) is 5.32. The summed E-state index contributed by atoms with van der Waals surface area (Å²) in [6.07, 6.45) is 0.567. The van der Waals surface area contributed by atoms with Gasteiger partial charge in [-0.2, -0.15) is 0 Å². The van der Waals surface area contributed by atoms with Crippen LogP contribution in [-0.2, 0) is 4.79 Å². The number of aryl methyl sites for hydroxylation is 1. The predicted octanol–water partition coefficient (Wildman–Crippen LogP) is 3.83. The average molecular weight is 262 g/mol. The molecule has 1 N–H and O–H groups in total. The molecule has 1 rings (SSSR count). The summed E-state index contributed by atoms with van der Waals surface area (Å²) in [4.78, 5) is 14.1. The minimum atomic E-state index is 0.0914. The molecule has 3 heteroatoms. The molecule has 0 atom stereocenters. The van der Waals surface area contributed by atoms with Crippen LogP contribution in [0.2, 0.25) is 0 Å². The molecule has 0 aliphatic rings. The largest absolute Gasteiger partial charge is 0.372 e. The second-order valence-electron chi connectivity index (χ2n) is 5.32. The highest BCUT2D eigenvalue weighted by Gasteiger charge is 2.09. The Labute approximate surface area is 117 Å². The van der Waals surface area contributed by atoms with E-state index in [1.165, 1.54) is 5.69 Å². The van der Waals surface area contributed by atoms with Crippen molar-refractivity contribution < 1.29 is 4.79 Å². The number of nitrogens with one attached hydrogen (secondary N) is 1. The van der Waals surface area contributed by atoms with Gasteiger partial charge in [0.25, 0.3) is 0 Å². The number of rotatable bonds is 6. The molecule has 1 aromatic rings.